The molecule has 0 radical (unpaired) electrons. The molecule has 0 aromatic rings. The molecular weight excluding hydrogens is 166 g/mol. The first-order chi connectivity index (χ1) is 6.26. The molecule has 1 rings (SSSR count). The Bertz CT molecular complexity index is 233. The molecule has 0 saturated heterocycles. The van der Waals surface area contributed by atoms with Crippen LogP contribution in [0.3, 0.4) is 0 Å². The van der Waals surface area contributed by atoms with Crippen molar-refractivity contribution in [2.75, 3.05) is 6.61 Å². The van der Waals surface area contributed by atoms with Gasteiger partial charge < -0.3 is 10.4 Å². The summed E-state index contributed by atoms with van der Waals surface area (Å²) in [6.07, 6.45) is 7.89. The number of aliphatic hydroxyl groups is 1. The maximum Gasteiger partial charge on any atom is 0.244 e. The second-order valence-corrected chi connectivity index (χ2v) is 3.18. The zero-order chi connectivity index (χ0) is 9.68. The Hall–Kier alpha value is -1.09. The van der Waals surface area contributed by atoms with Crippen molar-refractivity contribution in [2.45, 2.75) is 19.4 Å². The van der Waals surface area contributed by atoms with Crippen molar-refractivity contribution in [3.8, 4) is 0 Å². The molecule has 0 heterocycles. The summed E-state index contributed by atoms with van der Waals surface area (Å²) in [5.74, 6) is 0.131. The summed E-state index contributed by atoms with van der Waals surface area (Å²) in [7, 11) is 0. The monoisotopic (exact) mass is 181 g/mol. The number of rotatable bonds is 3. The second-order valence-electron chi connectivity index (χ2n) is 3.18. The van der Waals surface area contributed by atoms with E-state index in [2.05, 4.69) is 5.32 Å². The zero-order valence-corrected chi connectivity index (χ0v) is 7.73. The molecular formula is C10H15NO2. The lowest BCUT2D eigenvalue weighted by molar-refractivity contribution is -0.116. The third-order valence-corrected chi connectivity index (χ3v) is 2.05. The molecule has 0 bridgehead atoms. The Balaban J connectivity index is 2.33. The lowest BCUT2D eigenvalue weighted by Gasteiger charge is -2.10. The Morgan fingerprint density at radius 3 is 3.00 bits per heavy atom. The maximum atomic E-state index is 11.1. The van der Waals surface area contributed by atoms with E-state index in [4.69, 9.17) is 5.11 Å². The number of carbonyl (C=O) groups is 1. The summed E-state index contributed by atoms with van der Waals surface area (Å²) in [6, 6.07) is 0.0841. The van der Waals surface area contributed by atoms with E-state index < -0.39 is 0 Å². The Labute approximate surface area is 78.1 Å². The van der Waals surface area contributed by atoms with Gasteiger partial charge in [0.15, 0.2) is 0 Å². The zero-order valence-electron chi connectivity index (χ0n) is 7.73. The molecule has 0 spiro atoms. The van der Waals surface area contributed by atoms with Gasteiger partial charge in [-0.3, -0.25) is 4.79 Å². The number of amides is 1. The Morgan fingerprint density at radius 1 is 1.69 bits per heavy atom. The molecule has 72 valence electrons. The molecule has 2 N–H and O–H groups in total. The van der Waals surface area contributed by atoms with Crippen LogP contribution in [0.5, 0.6) is 0 Å². The van der Waals surface area contributed by atoms with E-state index in [1.54, 1.807) is 13.0 Å². The van der Waals surface area contributed by atoms with Crippen LogP contribution in [0.1, 0.15) is 13.3 Å². The molecule has 0 aliphatic heterocycles. The van der Waals surface area contributed by atoms with Crippen molar-refractivity contribution < 1.29 is 9.90 Å². The van der Waals surface area contributed by atoms with Gasteiger partial charge in [-0.05, 0) is 19.4 Å². The van der Waals surface area contributed by atoms with Gasteiger partial charge in [-0.15, -0.1) is 0 Å². The summed E-state index contributed by atoms with van der Waals surface area (Å²) in [5.41, 5.74) is 0. The van der Waals surface area contributed by atoms with Crippen molar-refractivity contribution in [2.24, 2.45) is 5.92 Å². The lowest BCUT2D eigenvalue weighted by atomic mass is 10.1. The molecule has 13 heavy (non-hydrogen) atoms. The quantitative estimate of drug-likeness (QED) is 0.495. The fraction of sp³-hybridized carbons (Fsp3) is 0.500. The van der Waals surface area contributed by atoms with Gasteiger partial charge in [0.05, 0.1) is 0 Å². The Morgan fingerprint density at radius 2 is 2.46 bits per heavy atom. The average molecular weight is 181 g/mol. The van der Waals surface area contributed by atoms with Gasteiger partial charge >= 0.3 is 0 Å². The molecule has 1 aliphatic carbocycles. The maximum absolute atomic E-state index is 11.1. The topological polar surface area (TPSA) is 49.3 Å². The number of hydrogen-bond acceptors (Lipinski definition) is 2. The molecule has 0 unspecified atom stereocenters. The predicted octanol–water partition coefficient (Wildman–Crippen LogP) is 0.616. The lowest BCUT2D eigenvalue weighted by Crippen LogP contribution is -2.31. The van der Waals surface area contributed by atoms with Gasteiger partial charge in [0.25, 0.3) is 0 Å². The minimum absolute atomic E-state index is 0.0734. The number of allylic oxidation sites excluding steroid dienone is 1. The van der Waals surface area contributed by atoms with Gasteiger partial charge in [-0.1, -0.05) is 18.2 Å². The van der Waals surface area contributed by atoms with Crippen LogP contribution >= 0.6 is 0 Å². The van der Waals surface area contributed by atoms with E-state index in [0.29, 0.717) is 0 Å². The van der Waals surface area contributed by atoms with E-state index in [1.165, 1.54) is 6.08 Å². The van der Waals surface area contributed by atoms with Crippen molar-refractivity contribution in [1.82, 2.24) is 5.32 Å². The van der Waals surface area contributed by atoms with Crippen molar-refractivity contribution in [1.29, 1.82) is 0 Å². The third kappa shape index (κ3) is 3.03. The first-order valence-corrected chi connectivity index (χ1v) is 4.48. The highest BCUT2D eigenvalue weighted by atomic mass is 16.3. The summed E-state index contributed by atoms with van der Waals surface area (Å²) in [4.78, 5) is 11.1. The van der Waals surface area contributed by atoms with E-state index in [9.17, 15) is 4.79 Å². The van der Waals surface area contributed by atoms with Crippen LogP contribution in [-0.2, 0) is 4.79 Å². The molecule has 3 heteroatoms. The Kier molecular flexibility index (Phi) is 3.71. The number of aliphatic hydroxyl groups excluding tert-OH is 1. The minimum Gasteiger partial charge on any atom is -0.396 e. The van der Waals surface area contributed by atoms with Gasteiger partial charge in [-0.2, -0.15) is 0 Å². The van der Waals surface area contributed by atoms with Crippen molar-refractivity contribution in [3.05, 3.63) is 24.3 Å². The van der Waals surface area contributed by atoms with Gasteiger partial charge in [0.1, 0.15) is 0 Å². The minimum atomic E-state index is -0.0734. The number of hydrogen-bond donors (Lipinski definition) is 2. The SMILES string of the molecule is C/C=C/C(=O)N[C@@H]1C=C[C@H](CO)C1. The van der Waals surface area contributed by atoms with Crippen LogP contribution in [0.2, 0.25) is 0 Å². The molecule has 0 fully saturated rings. The molecule has 1 amide bonds. The van der Waals surface area contributed by atoms with Crippen LogP contribution in [0.4, 0.5) is 0 Å². The molecule has 3 nitrogen and oxygen atoms in total. The second kappa shape index (κ2) is 4.82. The van der Waals surface area contributed by atoms with Crippen LogP contribution < -0.4 is 5.32 Å². The first-order valence-electron chi connectivity index (χ1n) is 4.48. The highest BCUT2D eigenvalue weighted by molar-refractivity contribution is 5.87. The van der Waals surface area contributed by atoms with E-state index in [-0.39, 0.29) is 24.5 Å². The molecule has 0 aromatic carbocycles. The summed E-state index contributed by atoms with van der Waals surface area (Å²) >= 11 is 0. The van der Waals surface area contributed by atoms with E-state index in [0.717, 1.165) is 6.42 Å². The number of nitrogens with one attached hydrogen (secondary N) is 1. The van der Waals surface area contributed by atoms with E-state index >= 15 is 0 Å². The predicted molar refractivity (Wildman–Crippen MR) is 51.1 cm³/mol. The van der Waals surface area contributed by atoms with Crippen molar-refractivity contribution >= 4 is 5.91 Å². The molecule has 0 aromatic heterocycles. The summed E-state index contributed by atoms with van der Waals surface area (Å²) < 4.78 is 0. The summed E-state index contributed by atoms with van der Waals surface area (Å²) in [5, 5.41) is 11.7. The molecule has 2 atom stereocenters. The van der Waals surface area contributed by atoms with Crippen LogP contribution in [0.15, 0.2) is 24.3 Å². The first kappa shape index (κ1) is 9.99. The highest BCUT2D eigenvalue weighted by Gasteiger charge is 2.18. The highest BCUT2D eigenvalue weighted by Crippen LogP contribution is 2.16. The van der Waals surface area contributed by atoms with Gasteiger partial charge in [0.2, 0.25) is 5.91 Å². The van der Waals surface area contributed by atoms with Gasteiger partial charge in [0, 0.05) is 18.6 Å². The normalized spacial score (nSPS) is 26.9. The fourth-order valence-electron chi connectivity index (χ4n) is 1.40. The third-order valence-electron chi connectivity index (χ3n) is 2.05. The molecule has 0 saturated carbocycles. The van der Waals surface area contributed by atoms with Crippen molar-refractivity contribution in [3.63, 3.8) is 0 Å². The molecule has 1 aliphatic rings. The van der Waals surface area contributed by atoms with Crippen LogP contribution in [0.25, 0.3) is 0 Å². The summed E-state index contributed by atoms with van der Waals surface area (Å²) in [6.45, 7) is 1.97. The average Bonchev–Trinajstić information content (AvgIpc) is 2.52. The largest absolute Gasteiger partial charge is 0.396 e. The number of carbonyl (C=O) groups excluding carboxylic acids is 1. The fourth-order valence-corrected chi connectivity index (χ4v) is 1.40. The van der Waals surface area contributed by atoms with Crippen LogP contribution in [-0.4, -0.2) is 23.7 Å². The van der Waals surface area contributed by atoms with Gasteiger partial charge in [-0.25, -0.2) is 0 Å². The smallest absolute Gasteiger partial charge is 0.244 e. The van der Waals surface area contributed by atoms with E-state index in [1.807, 2.05) is 12.2 Å². The standard InChI is InChI=1S/C10H15NO2/c1-2-3-10(13)11-9-5-4-8(6-9)7-12/h2-5,8-9,12H,6-7H2,1H3,(H,11,13)/b3-2+/t8-,9+/m0/s1. The van der Waals surface area contributed by atoms with Crippen LogP contribution in [0, 0.1) is 5.92 Å².